The van der Waals surface area contributed by atoms with E-state index in [0.29, 0.717) is 5.56 Å². The van der Waals surface area contributed by atoms with Crippen LogP contribution in [-0.2, 0) is 0 Å². The third kappa shape index (κ3) is 4.26. The Bertz CT molecular complexity index is 331. The summed E-state index contributed by atoms with van der Waals surface area (Å²) in [5, 5.41) is 3.24. The van der Waals surface area contributed by atoms with Gasteiger partial charge in [0.2, 0.25) is 0 Å². The molecule has 0 saturated heterocycles. The molecule has 0 bridgehead atoms. The summed E-state index contributed by atoms with van der Waals surface area (Å²) in [5.41, 5.74) is 1.76. The molecular weight excluding hydrogens is 189 g/mol. The van der Waals surface area contributed by atoms with Crippen molar-refractivity contribution >= 4 is 6.08 Å². The number of hydrogen-bond donors (Lipinski definition) is 1. The van der Waals surface area contributed by atoms with E-state index < -0.39 is 0 Å². The van der Waals surface area contributed by atoms with E-state index in [1.54, 1.807) is 13.0 Å². The van der Waals surface area contributed by atoms with Crippen molar-refractivity contribution in [1.29, 1.82) is 0 Å². The number of halogens is 1. The van der Waals surface area contributed by atoms with Gasteiger partial charge in [0.05, 0.1) is 0 Å². The van der Waals surface area contributed by atoms with Crippen LogP contribution in [0.1, 0.15) is 24.5 Å². The topological polar surface area (TPSA) is 12.0 Å². The van der Waals surface area contributed by atoms with E-state index in [1.165, 1.54) is 6.07 Å². The van der Waals surface area contributed by atoms with Gasteiger partial charge in [-0.05, 0) is 49.7 Å². The molecule has 1 nitrogen and oxygen atoms in total. The smallest absolute Gasteiger partial charge is 0.126 e. The number of nitrogens with one attached hydrogen (secondary N) is 1. The molecule has 1 aromatic carbocycles. The first kappa shape index (κ1) is 11.9. The molecule has 2 heteroatoms. The van der Waals surface area contributed by atoms with Crippen LogP contribution in [0.15, 0.2) is 24.3 Å². The molecule has 0 aliphatic rings. The monoisotopic (exact) mass is 207 g/mol. The highest BCUT2D eigenvalue weighted by Gasteiger charge is 1.95. The number of benzene rings is 1. The Morgan fingerprint density at radius 1 is 1.40 bits per heavy atom. The minimum absolute atomic E-state index is 0.139. The molecule has 0 unspecified atom stereocenters. The van der Waals surface area contributed by atoms with Crippen LogP contribution >= 0.6 is 0 Å². The van der Waals surface area contributed by atoms with Gasteiger partial charge in [-0.1, -0.05) is 25.1 Å². The van der Waals surface area contributed by atoms with Gasteiger partial charge in [-0.25, -0.2) is 4.39 Å². The van der Waals surface area contributed by atoms with E-state index in [-0.39, 0.29) is 5.82 Å². The number of hydrogen-bond acceptors (Lipinski definition) is 1. The fourth-order valence-electron chi connectivity index (χ4n) is 1.35. The molecule has 0 fully saturated rings. The van der Waals surface area contributed by atoms with Crippen molar-refractivity contribution in [3.8, 4) is 0 Å². The fourth-order valence-corrected chi connectivity index (χ4v) is 1.35. The first-order valence-corrected chi connectivity index (χ1v) is 5.37. The van der Waals surface area contributed by atoms with Crippen molar-refractivity contribution in [3.63, 3.8) is 0 Å². The number of aryl methyl sites for hydroxylation is 1. The van der Waals surface area contributed by atoms with Crippen molar-refractivity contribution in [2.24, 2.45) is 0 Å². The molecular formula is C13H18FN. The van der Waals surface area contributed by atoms with Crippen LogP contribution in [0, 0.1) is 12.7 Å². The van der Waals surface area contributed by atoms with Crippen LogP contribution in [0.3, 0.4) is 0 Å². The molecule has 0 aromatic heterocycles. The molecule has 82 valence electrons. The summed E-state index contributed by atoms with van der Waals surface area (Å²) in [7, 11) is 0. The first-order valence-electron chi connectivity index (χ1n) is 5.37. The van der Waals surface area contributed by atoms with Crippen molar-refractivity contribution in [2.75, 3.05) is 13.1 Å². The molecule has 0 spiro atoms. The molecule has 1 N–H and O–H groups in total. The van der Waals surface area contributed by atoms with E-state index in [9.17, 15) is 4.39 Å². The Labute approximate surface area is 91.0 Å². The van der Waals surface area contributed by atoms with Gasteiger partial charge in [-0.3, -0.25) is 0 Å². The lowest BCUT2D eigenvalue weighted by Gasteiger charge is -1.98. The van der Waals surface area contributed by atoms with Gasteiger partial charge in [0.1, 0.15) is 5.82 Å². The van der Waals surface area contributed by atoms with Gasteiger partial charge in [0.15, 0.2) is 0 Å². The maximum absolute atomic E-state index is 13.0. The van der Waals surface area contributed by atoms with Gasteiger partial charge in [-0.2, -0.15) is 0 Å². The lowest BCUT2D eigenvalue weighted by Crippen LogP contribution is -2.12. The highest BCUT2D eigenvalue weighted by Crippen LogP contribution is 2.10. The average Bonchev–Trinajstić information content (AvgIpc) is 2.23. The summed E-state index contributed by atoms with van der Waals surface area (Å²) in [4.78, 5) is 0. The summed E-state index contributed by atoms with van der Waals surface area (Å²) >= 11 is 0. The quantitative estimate of drug-likeness (QED) is 0.731. The third-order valence-corrected chi connectivity index (χ3v) is 2.23. The lowest BCUT2D eigenvalue weighted by atomic mass is 10.1. The van der Waals surface area contributed by atoms with Gasteiger partial charge >= 0.3 is 0 Å². The van der Waals surface area contributed by atoms with Crippen molar-refractivity contribution in [1.82, 2.24) is 5.32 Å². The van der Waals surface area contributed by atoms with Crippen molar-refractivity contribution in [3.05, 3.63) is 41.2 Å². The molecule has 1 rings (SSSR count). The van der Waals surface area contributed by atoms with Crippen LogP contribution in [0.25, 0.3) is 6.08 Å². The molecule has 0 heterocycles. The van der Waals surface area contributed by atoms with Crippen molar-refractivity contribution < 1.29 is 4.39 Å². The molecule has 1 aromatic rings. The molecule has 15 heavy (non-hydrogen) atoms. The maximum atomic E-state index is 13.0. The minimum atomic E-state index is -0.139. The van der Waals surface area contributed by atoms with Crippen LogP contribution in [-0.4, -0.2) is 13.1 Å². The van der Waals surface area contributed by atoms with E-state index >= 15 is 0 Å². The second kappa shape index (κ2) is 6.36. The zero-order valence-electron chi connectivity index (χ0n) is 9.39. The zero-order chi connectivity index (χ0) is 11.1. The van der Waals surface area contributed by atoms with E-state index in [1.807, 2.05) is 12.1 Å². The molecule has 0 aliphatic heterocycles. The molecule has 0 saturated carbocycles. The second-order valence-electron chi connectivity index (χ2n) is 3.55. The van der Waals surface area contributed by atoms with Gasteiger partial charge in [-0.15, -0.1) is 0 Å². The Balaban J connectivity index is 2.46. The second-order valence-corrected chi connectivity index (χ2v) is 3.55. The maximum Gasteiger partial charge on any atom is 0.126 e. The Morgan fingerprint density at radius 2 is 2.20 bits per heavy atom. The predicted octanol–water partition coefficient (Wildman–Crippen LogP) is 3.15. The van der Waals surface area contributed by atoms with E-state index in [4.69, 9.17) is 0 Å². The van der Waals surface area contributed by atoms with Gasteiger partial charge < -0.3 is 5.32 Å². The Morgan fingerprint density at radius 3 is 2.87 bits per heavy atom. The summed E-state index contributed by atoms with van der Waals surface area (Å²) in [6.45, 7) is 5.87. The Hall–Kier alpha value is -1.15. The summed E-state index contributed by atoms with van der Waals surface area (Å²) in [6.07, 6.45) is 5.14. The van der Waals surface area contributed by atoms with Crippen LogP contribution in [0.4, 0.5) is 4.39 Å². The summed E-state index contributed by atoms with van der Waals surface area (Å²) in [5.74, 6) is -0.139. The Kier molecular flexibility index (Phi) is 5.05. The molecule has 0 amide bonds. The SMILES string of the molecule is CCNCCC=Cc1ccc(F)c(C)c1. The standard InChI is InChI=1S/C13H18FN/c1-3-15-9-5-4-6-12-7-8-13(14)11(2)10-12/h4,6-8,10,15H,3,5,9H2,1-2H3. The molecule has 0 aliphatic carbocycles. The molecule has 0 atom stereocenters. The normalized spacial score (nSPS) is 11.1. The van der Waals surface area contributed by atoms with Crippen LogP contribution in [0.5, 0.6) is 0 Å². The largest absolute Gasteiger partial charge is 0.317 e. The lowest BCUT2D eigenvalue weighted by molar-refractivity contribution is 0.618. The van der Waals surface area contributed by atoms with Crippen molar-refractivity contribution in [2.45, 2.75) is 20.3 Å². The van der Waals surface area contributed by atoms with E-state index in [2.05, 4.69) is 18.3 Å². The summed E-state index contributed by atoms with van der Waals surface area (Å²) < 4.78 is 13.0. The van der Waals surface area contributed by atoms with Gasteiger partial charge in [0.25, 0.3) is 0 Å². The third-order valence-electron chi connectivity index (χ3n) is 2.23. The first-order chi connectivity index (χ1) is 7.24. The average molecular weight is 207 g/mol. The highest BCUT2D eigenvalue weighted by molar-refractivity contribution is 5.50. The van der Waals surface area contributed by atoms with E-state index in [0.717, 1.165) is 25.1 Å². The minimum Gasteiger partial charge on any atom is -0.317 e. The van der Waals surface area contributed by atoms with Gasteiger partial charge in [0, 0.05) is 0 Å². The highest BCUT2D eigenvalue weighted by atomic mass is 19.1. The molecule has 0 radical (unpaired) electrons. The predicted molar refractivity (Wildman–Crippen MR) is 63.3 cm³/mol. The fraction of sp³-hybridized carbons (Fsp3) is 0.385. The zero-order valence-corrected chi connectivity index (χ0v) is 9.39. The van der Waals surface area contributed by atoms with Crippen LogP contribution < -0.4 is 5.32 Å². The summed E-state index contributed by atoms with van der Waals surface area (Å²) in [6, 6.07) is 5.17. The van der Waals surface area contributed by atoms with Crippen LogP contribution in [0.2, 0.25) is 0 Å². The number of rotatable bonds is 5.